The zero-order valence-electron chi connectivity index (χ0n) is 8.66. The molecule has 1 N–H and O–H groups in total. The standard InChI is InChI=1S/C10H14IN3O/c1-10(3-2-4-15-6-10)14-9-8(11)5-12-7-13-9/h5,7H,2-4,6H2,1H3,(H,12,13,14). The highest BCUT2D eigenvalue weighted by Gasteiger charge is 2.28. The molecule has 1 aromatic heterocycles. The second kappa shape index (κ2) is 4.61. The van der Waals surface area contributed by atoms with Gasteiger partial charge in [-0.05, 0) is 42.4 Å². The summed E-state index contributed by atoms with van der Waals surface area (Å²) in [6, 6.07) is 0. The molecule has 2 heterocycles. The molecule has 0 spiro atoms. The Bertz CT molecular complexity index is 339. The molecule has 5 heteroatoms. The third-order valence-corrected chi connectivity index (χ3v) is 3.32. The zero-order chi connectivity index (χ0) is 10.7. The number of nitrogens with zero attached hydrogens (tertiary/aromatic N) is 2. The Morgan fingerprint density at radius 1 is 1.60 bits per heavy atom. The minimum absolute atomic E-state index is 0.00647. The molecule has 0 saturated carbocycles. The molecule has 1 saturated heterocycles. The van der Waals surface area contributed by atoms with E-state index < -0.39 is 0 Å². The van der Waals surface area contributed by atoms with E-state index in [0.29, 0.717) is 0 Å². The van der Waals surface area contributed by atoms with E-state index in [0.717, 1.165) is 35.4 Å². The van der Waals surface area contributed by atoms with Crippen molar-refractivity contribution < 1.29 is 4.74 Å². The number of ether oxygens (including phenoxy) is 1. The lowest BCUT2D eigenvalue weighted by Gasteiger charge is -2.34. The van der Waals surface area contributed by atoms with Crippen LogP contribution >= 0.6 is 22.6 Å². The fourth-order valence-electron chi connectivity index (χ4n) is 1.72. The molecule has 1 aliphatic heterocycles. The van der Waals surface area contributed by atoms with Gasteiger partial charge in [0.1, 0.15) is 12.1 Å². The number of halogens is 1. The fourth-order valence-corrected chi connectivity index (χ4v) is 2.16. The third-order valence-electron chi connectivity index (χ3n) is 2.53. The minimum atomic E-state index is 0.00647. The first kappa shape index (κ1) is 11.1. The van der Waals surface area contributed by atoms with Crippen molar-refractivity contribution in [1.29, 1.82) is 0 Å². The molecule has 15 heavy (non-hydrogen) atoms. The highest BCUT2D eigenvalue weighted by Crippen LogP contribution is 2.24. The van der Waals surface area contributed by atoms with Crippen molar-refractivity contribution in [3.05, 3.63) is 16.1 Å². The molecule has 0 aliphatic carbocycles. The molecule has 1 fully saturated rings. The summed E-state index contributed by atoms with van der Waals surface area (Å²) in [6.07, 6.45) is 5.60. The van der Waals surface area contributed by atoms with E-state index in [1.807, 2.05) is 6.20 Å². The lowest BCUT2D eigenvalue weighted by Crippen LogP contribution is -2.43. The molecule has 1 aliphatic rings. The van der Waals surface area contributed by atoms with Crippen LogP contribution in [0.25, 0.3) is 0 Å². The van der Waals surface area contributed by atoms with E-state index >= 15 is 0 Å². The average molecular weight is 319 g/mol. The molecular formula is C10H14IN3O. The molecule has 0 radical (unpaired) electrons. The number of anilines is 1. The number of nitrogens with one attached hydrogen (secondary N) is 1. The normalized spacial score (nSPS) is 26.3. The summed E-state index contributed by atoms with van der Waals surface area (Å²) in [5, 5.41) is 3.44. The van der Waals surface area contributed by atoms with E-state index in [9.17, 15) is 0 Å². The van der Waals surface area contributed by atoms with Gasteiger partial charge in [0.05, 0.1) is 15.7 Å². The van der Waals surface area contributed by atoms with E-state index in [2.05, 4.69) is 44.8 Å². The van der Waals surface area contributed by atoms with Gasteiger partial charge in [-0.1, -0.05) is 0 Å². The van der Waals surface area contributed by atoms with Crippen molar-refractivity contribution in [3.8, 4) is 0 Å². The lowest BCUT2D eigenvalue weighted by molar-refractivity contribution is 0.0538. The molecule has 0 aromatic carbocycles. The Hall–Kier alpha value is -0.430. The summed E-state index contributed by atoms with van der Waals surface area (Å²) in [6.45, 7) is 3.79. The largest absolute Gasteiger partial charge is 0.379 e. The minimum Gasteiger partial charge on any atom is -0.379 e. The molecule has 1 unspecified atom stereocenters. The molecule has 4 nitrogen and oxygen atoms in total. The first-order valence-corrected chi connectivity index (χ1v) is 6.09. The Morgan fingerprint density at radius 3 is 3.13 bits per heavy atom. The van der Waals surface area contributed by atoms with Gasteiger partial charge in [0.15, 0.2) is 0 Å². The van der Waals surface area contributed by atoms with Crippen molar-refractivity contribution in [2.24, 2.45) is 0 Å². The van der Waals surface area contributed by atoms with Crippen LogP contribution in [-0.2, 0) is 4.74 Å². The second-order valence-corrected chi connectivity index (χ2v) is 5.22. The van der Waals surface area contributed by atoms with Crippen LogP contribution in [0.15, 0.2) is 12.5 Å². The maximum absolute atomic E-state index is 5.49. The highest BCUT2D eigenvalue weighted by molar-refractivity contribution is 14.1. The second-order valence-electron chi connectivity index (χ2n) is 4.06. The number of hydrogen-bond acceptors (Lipinski definition) is 4. The van der Waals surface area contributed by atoms with Crippen LogP contribution in [0, 0.1) is 3.57 Å². The molecule has 2 rings (SSSR count). The number of rotatable bonds is 2. The maximum atomic E-state index is 5.49. The van der Waals surface area contributed by atoms with Crippen molar-refractivity contribution in [2.75, 3.05) is 18.5 Å². The van der Waals surface area contributed by atoms with Gasteiger partial charge in [0.2, 0.25) is 0 Å². The first-order chi connectivity index (χ1) is 7.20. The van der Waals surface area contributed by atoms with Crippen molar-refractivity contribution in [3.63, 3.8) is 0 Å². The SMILES string of the molecule is CC1(Nc2ncncc2I)CCCOC1. The topological polar surface area (TPSA) is 47.0 Å². The molecular weight excluding hydrogens is 305 g/mol. The van der Waals surface area contributed by atoms with Gasteiger partial charge in [-0.3, -0.25) is 0 Å². The maximum Gasteiger partial charge on any atom is 0.143 e. The van der Waals surface area contributed by atoms with Crippen LogP contribution in [0.5, 0.6) is 0 Å². The van der Waals surface area contributed by atoms with E-state index in [1.54, 1.807) is 6.33 Å². The molecule has 1 atom stereocenters. The Balaban J connectivity index is 2.10. The Kier molecular flexibility index (Phi) is 3.40. The fraction of sp³-hybridized carbons (Fsp3) is 0.600. The summed E-state index contributed by atoms with van der Waals surface area (Å²) >= 11 is 2.23. The summed E-state index contributed by atoms with van der Waals surface area (Å²) in [5.74, 6) is 0.901. The van der Waals surface area contributed by atoms with Gasteiger partial charge in [0.25, 0.3) is 0 Å². The predicted octanol–water partition coefficient (Wildman–Crippen LogP) is 2.06. The van der Waals surface area contributed by atoms with E-state index in [-0.39, 0.29) is 5.54 Å². The van der Waals surface area contributed by atoms with E-state index in [1.165, 1.54) is 0 Å². The van der Waals surface area contributed by atoms with Gasteiger partial charge < -0.3 is 10.1 Å². The van der Waals surface area contributed by atoms with Crippen LogP contribution in [0.2, 0.25) is 0 Å². The van der Waals surface area contributed by atoms with Crippen molar-refractivity contribution in [2.45, 2.75) is 25.3 Å². The third kappa shape index (κ3) is 2.78. The molecule has 0 bridgehead atoms. The summed E-state index contributed by atoms with van der Waals surface area (Å²) in [5.41, 5.74) is 0.00647. The summed E-state index contributed by atoms with van der Waals surface area (Å²) in [4.78, 5) is 8.20. The van der Waals surface area contributed by atoms with Gasteiger partial charge in [-0.2, -0.15) is 0 Å². The highest BCUT2D eigenvalue weighted by atomic mass is 127. The van der Waals surface area contributed by atoms with Gasteiger partial charge in [0, 0.05) is 12.8 Å². The predicted molar refractivity (Wildman–Crippen MR) is 66.8 cm³/mol. The van der Waals surface area contributed by atoms with Crippen LogP contribution < -0.4 is 5.32 Å². The lowest BCUT2D eigenvalue weighted by atomic mass is 9.95. The van der Waals surface area contributed by atoms with E-state index in [4.69, 9.17) is 4.74 Å². The quantitative estimate of drug-likeness (QED) is 0.848. The first-order valence-electron chi connectivity index (χ1n) is 5.01. The molecule has 82 valence electrons. The summed E-state index contributed by atoms with van der Waals surface area (Å²) < 4.78 is 6.53. The Labute approximate surface area is 103 Å². The van der Waals surface area contributed by atoms with Crippen molar-refractivity contribution in [1.82, 2.24) is 9.97 Å². The molecule has 0 amide bonds. The van der Waals surface area contributed by atoms with Gasteiger partial charge in [-0.15, -0.1) is 0 Å². The zero-order valence-corrected chi connectivity index (χ0v) is 10.8. The number of hydrogen-bond donors (Lipinski definition) is 1. The summed E-state index contributed by atoms with van der Waals surface area (Å²) in [7, 11) is 0. The van der Waals surface area contributed by atoms with Crippen LogP contribution in [-0.4, -0.2) is 28.7 Å². The number of aromatic nitrogens is 2. The van der Waals surface area contributed by atoms with Crippen LogP contribution in [0.4, 0.5) is 5.82 Å². The van der Waals surface area contributed by atoms with Gasteiger partial charge in [-0.25, -0.2) is 9.97 Å². The van der Waals surface area contributed by atoms with Crippen molar-refractivity contribution >= 4 is 28.4 Å². The average Bonchev–Trinajstić information content (AvgIpc) is 2.22. The Morgan fingerprint density at radius 2 is 2.47 bits per heavy atom. The smallest absolute Gasteiger partial charge is 0.143 e. The molecule has 1 aromatic rings. The monoisotopic (exact) mass is 319 g/mol. The van der Waals surface area contributed by atoms with Gasteiger partial charge >= 0.3 is 0 Å². The van der Waals surface area contributed by atoms with Crippen LogP contribution in [0.3, 0.4) is 0 Å². The van der Waals surface area contributed by atoms with Crippen LogP contribution in [0.1, 0.15) is 19.8 Å².